The molecule has 15 heavy (non-hydrogen) atoms. The molecule has 1 N–H and O–H groups in total. The molecule has 0 aromatic carbocycles. The number of likely N-dealkylation sites (tertiary alicyclic amines) is 2. The van der Waals surface area contributed by atoms with E-state index in [1.807, 2.05) is 11.8 Å². The van der Waals surface area contributed by atoms with E-state index in [-0.39, 0.29) is 24.3 Å². The third kappa shape index (κ3) is 1.55. The van der Waals surface area contributed by atoms with Crippen LogP contribution in [-0.4, -0.2) is 58.5 Å². The van der Waals surface area contributed by atoms with Crippen molar-refractivity contribution < 1.29 is 14.7 Å². The van der Waals surface area contributed by atoms with Crippen molar-refractivity contribution in [2.45, 2.75) is 31.4 Å². The predicted molar refractivity (Wildman–Crippen MR) is 53.0 cm³/mol. The Labute approximate surface area is 88.6 Å². The number of carbonyl (C=O) groups is 2. The molecule has 5 nitrogen and oxygen atoms in total. The quantitative estimate of drug-likeness (QED) is 0.609. The minimum Gasteiger partial charge on any atom is -0.387 e. The Balaban J connectivity index is 1.98. The topological polar surface area (TPSA) is 60.9 Å². The number of hydrogen-bond acceptors (Lipinski definition) is 4. The van der Waals surface area contributed by atoms with Gasteiger partial charge in [0.05, 0.1) is 18.1 Å². The first-order valence-corrected chi connectivity index (χ1v) is 5.24. The molecule has 0 spiro atoms. The van der Waals surface area contributed by atoms with Crippen LogP contribution < -0.4 is 0 Å². The minimum atomic E-state index is -0.648. The van der Waals surface area contributed by atoms with Crippen LogP contribution in [0.4, 0.5) is 0 Å². The summed E-state index contributed by atoms with van der Waals surface area (Å²) in [6.45, 7) is 2.92. The zero-order valence-electron chi connectivity index (χ0n) is 9.06. The Bertz CT molecular complexity index is 310. The van der Waals surface area contributed by atoms with Gasteiger partial charge in [0, 0.05) is 20.1 Å². The monoisotopic (exact) mass is 212 g/mol. The molecule has 5 heteroatoms. The summed E-state index contributed by atoms with van der Waals surface area (Å²) in [5.41, 5.74) is -0.648. The summed E-state index contributed by atoms with van der Waals surface area (Å²) in [4.78, 5) is 26.0. The molecule has 2 fully saturated rings. The first-order chi connectivity index (χ1) is 6.97. The molecule has 84 valence electrons. The molecule has 2 amide bonds. The maximum Gasteiger partial charge on any atom is 0.246 e. The van der Waals surface area contributed by atoms with E-state index in [0.717, 1.165) is 0 Å². The number of amides is 2. The zero-order chi connectivity index (χ0) is 11.2. The predicted octanol–water partition coefficient (Wildman–Crippen LogP) is -0.800. The van der Waals surface area contributed by atoms with Crippen molar-refractivity contribution in [1.29, 1.82) is 0 Å². The highest BCUT2D eigenvalue weighted by atomic mass is 16.3. The van der Waals surface area contributed by atoms with Gasteiger partial charge in [0.15, 0.2) is 0 Å². The fourth-order valence-electron chi connectivity index (χ4n) is 2.18. The molecule has 0 radical (unpaired) electrons. The molecule has 0 aromatic heterocycles. The van der Waals surface area contributed by atoms with Crippen LogP contribution in [0.25, 0.3) is 0 Å². The van der Waals surface area contributed by atoms with Crippen LogP contribution in [0, 0.1) is 0 Å². The number of hydrogen-bond donors (Lipinski definition) is 1. The SMILES string of the molecule is CCC1(O)CN(C2CC(=O)N(C)C2=O)C1. The summed E-state index contributed by atoms with van der Waals surface area (Å²) in [7, 11) is 1.51. The molecule has 1 unspecified atom stereocenters. The van der Waals surface area contributed by atoms with E-state index in [1.165, 1.54) is 11.9 Å². The summed E-state index contributed by atoms with van der Waals surface area (Å²) >= 11 is 0. The number of aliphatic hydroxyl groups is 1. The smallest absolute Gasteiger partial charge is 0.246 e. The number of likely N-dealkylation sites (N-methyl/N-ethyl adjacent to an activating group) is 1. The second kappa shape index (κ2) is 3.28. The van der Waals surface area contributed by atoms with Gasteiger partial charge in [0.2, 0.25) is 11.8 Å². The minimum absolute atomic E-state index is 0.128. The van der Waals surface area contributed by atoms with Crippen molar-refractivity contribution in [3.8, 4) is 0 Å². The lowest BCUT2D eigenvalue weighted by molar-refractivity contribution is -0.146. The molecule has 2 aliphatic rings. The van der Waals surface area contributed by atoms with E-state index < -0.39 is 5.60 Å². The molecular weight excluding hydrogens is 196 g/mol. The standard InChI is InChI=1S/C10H16N2O3/c1-3-10(15)5-12(6-10)7-4-8(13)11(2)9(7)14/h7,15H,3-6H2,1-2H3. The van der Waals surface area contributed by atoms with Gasteiger partial charge in [-0.15, -0.1) is 0 Å². The lowest BCUT2D eigenvalue weighted by atomic mass is 9.89. The molecule has 2 heterocycles. The van der Waals surface area contributed by atoms with Gasteiger partial charge in [0.25, 0.3) is 0 Å². The molecule has 1 atom stereocenters. The molecular formula is C10H16N2O3. The van der Waals surface area contributed by atoms with Crippen molar-refractivity contribution in [2.24, 2.45) is 0 Å². The van der Waals surface area contributed by atoms with Crippen LogP contribution >= 0.6 is 0 Å². The second-order valence-electron chi connectivity index (χ2n) is 4.49. The van der Waals surface area contributed by atoms with Crippen LogP contribution in [0.5, 0.6) is 0 Å². The maximum absolute atomic E-state index is 11.6. The van der Waals surface area contributed by atoms with Crippen molar-refractivity contribution in [3.63, 3.8) is 0 Å². The van der Waals surface area contributed by atoms with Gasteiger partial charge in [0.1, 0.15) is 0 Å². The summed E-state index contributed by atoms with van der Waals surface area (Å²) in [6.07, 6.45) is 0.948. The molecule has 0 bridgehead atoms. The van der Waals surface area contributed by atoms with Crippen molar-refractivity contribution in [3.05, 3.63) is 0 Å². The first kappa shape index (κ1) is 10.6. The Morgan fingerprint density at radius 2 is 2.07 bits per heavy atom. The molecule has 0 saturated carbocycles. The molecule has 2 saturated heterocycles. The van der Waals surface area contributed by atoms with Gasteiger partial charge < -0.3 is 5.11 Å². The van der Waals surface area contributed by atoms with Gasteiger partial charge in [-0.05, 0) is 6.42 Å². The third-order valence-electron chi connectivity index (χ3n) is 3.45. The molecule has 2 rings (SSSR count). The van der Waals surface area contributed by atoms with Crippen LogP contribution in [0.1, 0.15) is 19.8 Å². The van der Waals surface area contributed by atoms with Crippen molar-refractivity contribution in [2.75, 3.05) is 20.1 Å². The Kier molecular flexibility index (Phi) is 2.31. The largest absolute Gasteiger partial charge is 0.387 e. The Hall–Kier alpha value is -0.940. The number of nitrogens with zero attached hydrogens (tertiary/aromatic N) is 2. The average molecular weight is 212 g/mol. The molecule has 0 aromatic rings. The molecule has 2 aliphatic heterocycles. The van der Waals surface area contributed by atoms with E-state index >= 15 is 0 Å². The normalized spacial score (nSPS) is 30.9. The van der Waals surface area contributed by atoms with Gasteiger partial charge in [-0.1, -0.05) is 6.92 Å². The number of carbonyl (C=O) groups excluding carboxylic acids is 2. The van der Waals surface area contributed by atoms with E-state index in [1.54, 1.807) is 0 Å². The van der Waals surface area contributed by atoms with Crippen LogP contribution in [0.15, 0.2) is 0 Å². The highest BCUT2D eigenvalue weighted by Crippen LogP contribution is 2.30. The van der Waals surface area contributed by atoms with Gasteiger partial charge in [-0.3, -0.25) is 19.4 Å². The van der Waals surface area contributed by atoms with E-state index in [0.29, 0.717) is 19.5 Å². The fourth-order valence-corrected chi connectivity index (χ4v) is 2.18. The molecule has 0 aliphatic carbocycles. The summed E-state index contributed by atoms with van der Waals surface area (Å²) in [5, 5.41) is 9.82. The zero-order valence-corrected chi connectivity index (χ0v) is 9.06. The summed E-state index contributed by atoms with van der Waals surface area (Å²) in [5.74, 6) is -0.268. The van der Waals surface area contributed by atoms with E-state index in [4.69, 9.17) is 0 Å². The lowest BCUT2D eigenvalue weighted by Crippen LogP contribution is -2.65. The number of rotatable bonds is 2. The van der Waals surface area contributed by atoms with Crippen molar-refractivity contribution in [1.82, 2.24) is 9.80 Å². The summed E-state index contributed by atoms with van der Waals surface area (Å²) < 4.78 is 0. The highest BCUT2D eigenvalue weighted by molar-refractivity contribution is 6.05. The van der Waals surface area contributed by atoms with Gasteiger partial charge in [-0.25, -0.2) is 0 Å². The van der Waals surface area contributed by atoms with E-state index in [9.17, 15) is 14.7 Å². The Morgan fingerprint density at radius 1 is 1.47 bits per heavy atom. The first-order valence-electron chi connectivity index (χ1n) is 5.24. The second-order valence-corrected chi connectivity index (χ2v) is 4.49. The fraction of sp³-hybridized carbons (Fsp3) is 0.800. The van der Waals surface area contributed by atoms with Gasteiger partial charge in [-0.2, -0.15) is 0 Å². The van der Waals surface area contributed by atoms with Crippen LogP contribution in [0.2, 0.25) is 0 Å². The number of imide groups is 1. The summed E-state index contributed by atoms with van der Waals surface area (Å²) in [6, 6.07) is -0.339. The number of β-amino-alcohol motifs (C(OH)–C–C–N with tert-alkyl or cyclic N) is 1. The van der Waals surface area contributed by atoms with Crippen LogP contribution in [0.3, 0.4) is 0 Å². The average Bonchev–Trinajstić information content (AvgIpc) is 2.41. The van der Waals surface area contributed by atoms with E-state index in [2.05, 4.69) is 0 Å². The maximum atomic E-state index is 11.6. The van der Waals surface area contributed by atoms with Crippen LogP contribution in [-0.2, 0) is 9.59 Å². The lowest BCUT2D eigenvalue weighted by Gasteiger charge is -2.48. The Morgan fingerprint density at radius 3 is 2.47 bits per heavy atom. The van der Waals surface area contributed by atoms with Crippen molar-refractivity contribution >= 4 is 11.8 Å². The third-order valence-corrected chi connectivity index (χ3v) is 3.45. The highest BCUT2D eigenvalue weighted by Gasteiger charge is 2.49. The van der Waals surface area contributed by atoms with Gasteiger partial charge >= 0.3 is 0 Å².